The fourth-order valence-corrected chi connectivity index (χ4v) is 4.18. The summed E-state index contributed by atoms with van der Waals surface area (Å²) in [5.74, 6) is 1.92. The van der Waals surface area contributed by atoms with E-state index in [1.807, 2.05) is 0 Å². The Morgan fingerprint density at radius 1 is 0.905 bits per heavy atom. The van der Waals surface area contributed by atoms with Gasteiger partial charge in [-0.3, -0.25) is 4.79 Å². The highest BCUT2D eigenvalue weighted by Crippen LogP contribution is 2.34. The van der Waals surface area contributed by atoms with Crippen LogP contribution in [0.15, 0.2) is 0 Å². The lowest BCUT2D eigenvalue weighted by atomic mass is 9.78. The van der Waals surface area contributed by atoms with Crippen molar-refractivity contribution in [3.05, 3.63) is 0 Å². The molecule has 0 atom stereocenters. The molecule has 122 valence electrons. The molecule has 2 saturated carbocycles. The molecule has 0 aromatic carbocycles. The Morgan fingerprint density at radius 2 is 1.52 bits per heavy atom. The van der Waals surface area contributed by atoms with Crippen LogP contribution in [0.3, 0.4) is 0 Å². The molecule has 0 unspecified atom stereocenters. The minimum atomic E-state index is 0.0570. The van der Waals surface area contributed by atoms with E-state index in [9.17, 15) is 4.79 Å². The van der Waals surface area contributed by atoms with Crippen LogP contribution in [0.2, 0.25) is 0 Å². The predicted molar refractivity (Wildman–Crippen MR) is 87.2 cm³/mol. The van der Waals surface area contributed by atoms with Crippen LogP contribution in [0.5, 0.6) is 0 Å². The van der Waals surface area contributed by atoms with Crippen LogP contribution in [0.4, 0.5) is 0 Å². The van der Waals surface area contributed by atoms with Crippen molar-refractivity contribution in [3.8, 4) is 0 Å². The summed E-state index contributed by atoms with van der Waals surface area (Å²) >= 11 is 0. The van der Waals surface area contributed by atoms with Gasteiger partial charge in [0.25, 0.3) is 0 Å². The van der Waals surface area contributed by atoms with Crippen LogP contribution in [0.1, 0.15) is 96.8 Å². The van der Waals surface area contributed by atoms with Gasteiger partial charge in [0.1, 0.15) is 6.10 Å². The van der Waals surface area contributed by atoms with E-state index < -0.39 is 0 Å². The number of esters is 1. The zero-order chi connectivity index (χ0) is 14.9. The highest BCUT2D eigenvalue weighted by Gasteiger charge is 2.21. The first-order valence-corrected chi connectivity index (χ1v) is 9.47. The Morgan fingerprint density at radius 3 is 2.14 bits per heavy atom. The zero-order valence-electron chi connectivity index (χ0n) is 13.9. The molecule has 0 amide bonds. The summed E-state index contributed by atoms with van der Waals surface area (Å²) in [5.41, 5.74) is 0. The molecule has 0 aliphatic heterocycles. The quantitative estimate of drug-likeness (QED) is 0.568. The van der Waals surface area contributed by atoms with Gasteiger partial charge in [-0.25, -0.2) is 0 Å². The average molecular weight is 294 g/mol. The SMILES string of the molecule is CCC[C@H]1CC[C@H](CCCC(=O)OC2CCCCC2)CC1. The van der Waals surface area contributed by atoms with Crippen molar-refractivity contribution in [1.82, 2.24) is 0 Å². The Labute approximate surface area is 131 Å². The Hall–Kier alpha value is -0.530. The van der Waals surface area contributed by atoms with Crippen molar-refractivity contribution >= 4 is 5.97 Å². The summed E-state index contributed by atoms with van der Waals surface area (Å²) < 4.78 is 5.59. The van der Waals surface area contributed by atoms with Gasteiger partial charge in [-0.05, 0) is 50.4 Å². The molecule has 0 radical (unpaired) electrons. The lowest BCUT2D eigenvalue weighted by molar-refractivity contribution is -0.150. The van der Waals surface area contributed by atoms with Gasteiger partial charge in [-0.2, -0.15) is 0 Å². The van der Waals surface area contributed by atoms with Gasteiger partial charge >= 0.3 is 5.97 Å². The number of ether oxygens (including phenoxy) is 1. The number of hydrogen-bond donors (Lipinski definition) is 0. The molecular weight excluding hydrogens is 260 g/mol. The first-order valence-electron chi connectivity index (χ1n) is 9.47. The molecule has 0 heterocycles. The monoisotopic (exact) mass is 294 g/mol. The molecule has 21 heavy (non-hydrogen) atoms. The summed E-state index contributed by atoms with van der Waals surface area (Å²) in [6, 6.07) is 0. The molecule has 0 N–H and O–H groups in total. The predicted octanol–water partition coefficient (Wildman–Crippen LogP) is 5.64. The van der Waals surface area contributed by atoms with Gasteiger partial charge in [0.05, 0.1) is 0 Å². The van der Waals surface area contributed by atoms with E-state index >= 15 is 0 Å². The molecule has 2 nitrogen and oxygen atoms in total. The first kappa shape index (κ1) is 16.8. The first-order chi connectivity index (χ1) is 10.3. The molecule has 2 fully saturated rings. The van der Waals surface area contributed by atoms with E-state index in [0.29, 0.717) is 6.42 Å². The van der Waals surface area contributed by atoms with Gasteiger partial charge in [0.15, 0.2) is 0 Å². The third-order valence-electron chi connectivity index (χ3n) is 5.51. The summed E-state index contributed by atoms with van der Waals surface area (Å²) in [6.45, 7) is 2.30. The standard InChI is InChI=1S/C19H34O2/c1-2-7-16-12-14-17(15-13-16)8-6-11-19(20)21-18-9-4-3-5-10-18/h16-18H,2-15H2,1H3/t16-,17-. The van der Waals surface area contributed by atoms with Crippen LogP contribution >= 0.6 is 0 Å². The van der Waals surface area contributed by atoms with Crippen molar-refractivity contribution < 1.29 is 9.53 Å². The van der Waals surface area contributed by atoms with Gasteiger partial charge in [-0.15, -0.1) is 0 Å². The van der Waals surface area contributed by atoms with Crippen LogP contribution in [-0.4, -0.2) is 12.1 Å². The number of rotatable bonds is 7. The molecule has 0 aromatic rings. The van der Waals surface area contributed by atoms with E-state index in [1.54, 1.807) is 0 Å². The fraction of sp³-hybridized carbons (Fsp3) is 0.947. The van der Waals surface area contributed by atoms with Gasteiger partial charge in [-0.1, -0.05) is 51.9 Å². The van der Waals surface area contributed by atoms with Crippen molar-refractivity contribution in [3.63, 3.8) is 0 Å². The highest BCUT2D eigenvalue weighted by atomic mass is 16.5. The van der Waals surface area contributed by atoms with Crippen LogP contribution < -0.4 is 0 Å². The normalized spacial score (nSPS) is 27.5. The smallest absolute Gasteiger partial charge is 0.306 e. The topological polar surface area (TPSA) is 26.3 Å². The number of hydrogen-bond acceptors (Lipinski definition) is 2. The summed E-state index contributed by atoms with van der Waals surface area (Å²) in [7, 11) is 0. The van der Waals surface area contributed by atoms with Crippen LogP contribution in [0.25, 0.3) is 0 Å². The van der Waals surface area contributed by atoms with Gasteiger partial charge < -0.3 is 4.74 Å². The van der Waals surface area contributed by atoms with Crippen molar-refractivity contribution in [2.45, 2.75) is 103 Å². The zero-order valence-corrected chi connectivity index (χ0v) is 13.9. The number of carbonyl (C=O) groups excluding carboxylic acids is 1. The van der Waals surface area contributed by atoms with E-state index in [1.165, 1.54) is 64.2 Å². The van der Waals surface area contributed by atoms with Crippen molar-refractivity contribution in [2.24, 2.45) is 11.8 Å². The molecule has 0 spiro atoms. The fourth-order valence-electron chi connectivity index (χ4n) is 4.18. The average Bonchev–Trinajstić information content (AvgIpc) is 2.50. The van der Waals surface area contributed by atoms with Gasteiger partial charge in [0.2, 0.25) is 0 Å². The minimum absolute atomic E-state index is 0.0570. The maximum Gasteiger partial charge on any atom is 0.306 e. The lowest BCUT2D eigenvalue weighted by Crippen LogP contribution is -2.21. The molecule has 2 heteroatoms. The van der Waals surface area contributed by atoms with Crippen molar-refractivity contribution in [1.29, 1.82) is 0 Å². The molecular formula is C19H34O2. The second-order valence-electron chi connectivity index (χ2n) is 7.32. The molecule has 0 aromatic heterocycles. The second kappa shape index (κ2) is 9.48. The minimum Gasteiger partial charge on any atom is -0.462 e. The largest absolute Gasteiger partial charge is 0.462 e. The third-order valence-corrected chi connectivity index (χ3v) is 5.51. The van der Waals surface area contributed by atoms with Crippen LogP contribution in [-0.2, 0) is 9.53 Å². The molecule has 2 aliphatic rings. The molecule has 0 saturated heterocycles. The van der Waals surface area contributed by atoms with E-state index in [-0.39, 0.29) is 12.1 Å². The maximum absolute atomic E-state index is 11.9. The third kappa shape index (κ3) is 6.40. The summed E-state index contributed by atoms with van der Waals surface area (Å²) in [6.07, 6.45) is 17.5. The molecule has 2 rings (SSSR count). The van der Waals surface area contributed by atoms with Crippen molar-refractivity contribution in [2.75, 3.05) is 0 Å². The summed E-state index contributed by atoms with van der Waals surface area (Å²) in [4.78, 5) is 11.9. The van der Waals surface area contributed by atoms with E-state index in [4.69, 9.17) is 4.74 Å². The lowest BCUT2D eigenvalue weighted by Gasteiger charge is -2.28. The Balaban J connectivity index is 1.52. The molecule has 0 bridgehead atoms. The Bertz CT molecular complexity index is 286. The summed E-state index contributed by atoms with van der Waals surface area (Å²) in [5, 5.41) is 0. The van der Waals surface area contributed by atoms with E-state index in [0.717, 1.165) is 31.1 Å². The number of carbonyl (C=O) groups is 1. The maximum atomic E-state index is 11.9. The highest BCUT2D eigenvalue weighted by molar-refractivity contribution is 5.69. The van der Waals surface area contributed by atoms with E-state index in [2.05, 4.69) is 6.92 Å². The Kier molecular flexibility index (Phi) is 7.60. The van der Waals surface area contributed by atoms with Crippen LogP contribution in [0, 0.1) is 11.8 Å². The van der Waals surface area contributed by atoms with Gasteiger partial charge in [0, 0.05) is 6.42 Å². The molecule has 2 aliphatic carbocycles. The second-order valence-corrected chi connectivity index (χ2v) is 7.32.